The first-order valence-electron chi connectivity index (χ1n) is 8.89. The molecule has 5 nitrogen and oxygen atoms in total. The van der Waals surface area contributed by atoms with Gasteiger partial charge in [-0.1, -0.05) is 18.2 Å². The summed E-state index contributed by atoms with van der Waals surface area (Å²) in [5.41, 5.74) is 0. The molecule has 0 bridgehead atoms. The van der Waals surface area contributed by atoms with Crippen molar-refractivity contribution in [3.63, 3.8) is 0 Å². The molecule has 2 N–H and O–H groups in total. The summed E-state index contributed by atoms with van der Waals surface area (Å²) >= 11 is 1.99. The van der Waals surface area contributed by atoms with E-state index in [1.54, 1.807) is 24.3 Å². The van der Waals surface area contributed by atoms with E-state index in [0.29, 0.717) is 17.9 Å². The van der Waals surface area contributed by atoms with E-state index in [0.717, 1.165) is 19.0 Å². The number of sulfone groups is 1. The molecule has 0 spiro atoms. The summed E-state index contributed by atoms with van der Waals surface area (Å²) in [6.07, 6.45) is 3.02. The monoisotopic (exact) mass is 511 g/mol. The molecule has 1 atom stereocenters. The third-order valence-electron chi connectivity index (χ3n) is 4.20. The van der Waals surface area contributed by atoms with Crippen LogP contribution in [0.1, 0.15) is 33.1 Å². The van der Waals surface area contributed by atoms with Gasteiger partial charge in [-0.25, -0.2) is 8.42 Å². The number of halogens is 1. The zero-order valence-corrected chi connectivity index (χ0v) is 19.5. The number of hydrogen-bond donors (Lipinski definition) is 2. The van der Waals surface area contributed by atoms with Crippen LogP contribution in [0, 0.1) is 0 Å². The highest BCUT2D eigenvalue weighted by Gasteiger charge is 2.29. The van der Waals surface area contributed by atoms with E-state index < -0.39 is 9.84 Å². The normalized spacial score (nSPS) is 20.5. The largest absolute Gasteiger partial charge is 0.357 e. The van der Waals surface area contributed by atoms with E-state index in [1.165, 1.54) is 18.6 Å². The number of rotatable bonds is 8. The Hall–Kier alpha value is -0.480. The molecule has 0 aliphatic carbocycles. The number of nitrogens with one attached hydrogen (secondary N) is 2. The van der Waals surface area contributed by atoms with Gasteiger partial charge in [-0.15, -0.1) is 24.0 Å². The summed E-state index contributed by atoms with van der Waals surface area (Å²) in [6, 6.07) is 8.62. The first kappa shape index (κ1) is 23.6. The van der Waals surface area contributed by atoms with Crippen molar-refractivity contribution in [3.8, 4) is 0 Å². The number of hydrogen-bond acceptors (Lipinski definition) is 4. The van der Waals surface area contributed by atoms with Gasteiger partial charge in [-0.2, -0.15) is 11.8 Å². The molecule has 1 unspecified atom stereocenters. The smallest absolute Gasteiger partial charge is 0.191 e. The standard InChI is InChI=1S/C18H29N3O2S2.HI/c1-3-19-17(21-15-18(2)11-7-13-24-18)20-12-8-14-25(22,23)16-9-5-4-6-10-16;/h4-6,9-10H,3,7-8,11-15H2,1-2H3,(H2,19,20,21);1H. The topological polar surface area (TPSA) is 70.6 Å². The summed E-state index contributed by atoms with van der Waals surface area (Å²) in [5.74, 6) is 2.12. The number of guanidine groups is 1. The quantitative estimate of drug-likeness (QED) is 0.243. The molecule has 148 valence electrons. The highest BCUT2D eigenvalue weighted by molar-refractivity contribution is 14.0. The van der Waals surface area contributed by atoms with E-state index in [4.69, 9.17) is 0 Å². The molecule has 8 heteroatoms. The summed E-state index contributed by atoms with van der Waals surface area (Å²) in [6.45, 7) is 6.46. The lowest BCUT2D eigenvalue weighted by Gasteiger charge is -2.21. The maximum Gasteiger partial charge on any atom is 0.191 e. The first-order chi connectivity index (χ1) is 12.0. The molecule has 0 aromatic heterocycles. The van der Waals surface area contributed by atoms with Crippen LogP contribution >= 0.6 is 35.7 Å². The van der Waals surface area contributed by atoms with Gasteiger partial charge in [0.1, 0.15) is 0 Å². The van der Waals surface area contributed by atoms with Gasteiger partial charge in [-0.05, 0) is 51.0 Å². The SMILES string of the molecule is CCNC(=NCC1(C)CCCS1)NCCCS(=O)(=O)c1ccccc1.I. The molecule has 0 saturated carbocycles. The summed E-state index contributed by atoms with van der Waals surface area (Å²) in [5, 5.41) is 6.48. The minimum atomic E-state index is -3.21. The van der Waals surface area contributed by atoms with Crippen LogP contribution in [0.4, 0.5) is 0 Å². The van der Waals surface area contributed by atoms with Crippen LogP contribution in [0.2, 0.25) is 0 Å². The van der Waals surface area contributed by atoms with Crippen molar-refractivity contribution >= 4 is 51.5 Å². The zero-order valence-electron chi connectivity index (χ0n) is 15.5. The van der Waals surface area contributed by atoms with Crippen LogP contribution < -0.4 is 10.6 Å². The zero-order chi connectivity index (χ0) is 18.2. The van der Waals surface area contributed by atoms with E-state index in [-0.39, 0.29) is 34.5 Å². The highest BCUT2D eigenvalue weighted by atomic mass is 127. The number of benzene rings is 1. The Morgan fingerprint density at radius 3 is 2.62 bits per heavy atom. The molecule has 26 heavy (non-hydrogen) atoms. The lowest BCUT2D eigenvalue weighted by Crippen LogP contribution is -2.39. The fraction of sp³-hybridized carbons (Fsp3) is 0.611. The Kier molecular flexibility index (Phi) is 10.3. The molecule has 1 aliphatic rings. The van der Waals surface area contributed by atoms with Crippen molar-refractivity contribution in [2.24, 2.45) is 4.99 Å². The number of thioether (sulfide) groups is 1. The second-order valence-corrected chi connectivity index (χ2v) is 10.3. The van der Waals surface area contributed by atoms with Crippen molar-refractivity contribution in [3.05, 3.63) is 30.3 Å². The van der Waals surface area contributed by atoms with Gasteiger partial charge in [0.15, 0.2) is 15.8 Å². The molecular formula is C18H30IN3O2S2. The maximum absolute atomic E-state index is 12.3. The Labute approximate surface area is 179 Å². The van der Waals surface area contributed by atoms with Crippen molar-refractivity contribution in [1.82, 2.24) is 10.6 Å². The van der Waals surface area contributed by atoms with Gasteiger partial charge in [0.25, 0.3) is 0 Å². The Morgan fingerprint density at radius 1 is 1.27 bits per heavy atom. The predicted molar refractivity (Wildman–Crippen MR) is 123 cm³/mol. The molecule has 1 aromatic rings. The van der Waals surface area contributed by atoms with Gasteiger partial charge in [0, 0.05) is 17.8 Å². The molecule has 1 heterocycles. The average Bonchev–Trinajstić information content (AvgIpc) is 3.04. The fourth-order valence-corrected chi connectivity index (χ4v) is 5.32. The van der Waals surface area contributed by atoms with Crippen LogP contribution in [0.25, 0.3) is 0 Å². The van der Waals surface area contributed by atoms with Gasteiger partial charge in [0.05, 0.1) is 17.2 Å². The van der Waals surface area contributed by atoms with Crippen molar-refractivity contribution in [2.75, 3.05) is 31.1 Å². The lowest BCUT2D eigenvalue weighted by atomic mass is 10.1. The number of nitrogens with zero attached hydrogens (tertiary/aromatic N) is 1. The lowest BCUT2D eigenvalue weighted by molar-refractivity contribution is 0.592. The van der Waals surface area contributed by atoms with Gasteiger partial charge < -0.3 is 10.6 Å². The van der Waals surface area contributed by atoms with Crippen LogP contribution in [-0.4, -0.2) is 50.3 Å². The Morgan fingerprint density at radius 2 is 2.00 bits per heavy atom. The van der Waals surface area contributed by atoms with Crippen LogP contribution in [0.15, 0.2) is 40.2 Å². The molecule has 0 amide bonds. The van der Waals surface area contributed by atoms with Crippen LogP contribution in [0.5, 0.6) is 0 Å². The highest BCUT2D eigenvalue weighted by Crippen LogP contribution is 2.37. The third-order valence-corrected chi connectivity index (χ3v) is 7.54. The van der Waals surface area contributed by atoms with Crippen LogP contribution in [-0.2, 0) is 9.84 Å². The fourth-order valence-electron chi connectivity index (χ4n) is 2.76. The summed E-state index contributed by atoms with van der Waals surface area (Å²) in [7, 11) is -3.21. The molecule has 1 saturated heterocycles. The predicted octanol–water partition coefficient (Wildman–Crippen LogP) is 3.31. The molecule has 2 rings (SSSR count). The Balaban J connectivity index is 0.00000338. The van der Waals surface area contributed by atoms with E-state index in [1.807, 2.05) is 24.8 Å². The average molecular weight is 511 g/mol. The third kappa shape index (κ3) is 7.64. The molecule has 1 aromatic carbocycles. The second kappa shape index (κ2) is 11.4. The van der Waals surface area contributed by atoms with E-state index in [9.17, 15) is 8.42 Å². The second-order valence-electron chi connectivity index (χ2n) is 6.51. The van der Waals surface area contributed by atoms with E-state index in [2.05, 4.69) is 22.5 Å². The first-order valence-corrected chi connectivity index (χ1v) is 11.5. The maximum atomic E-state index is 12.3. The van der Waals surface area contributed by atoms with Gasteiger partial charge >= 0.3 is 0 Å². The van der Waals surface area contributed by atoms with Crippen molar-refractivity contribution < 1.29 is 8.42 Å². The summed E-state index contributed by atoms with van der Waals surface area (Å²) < 4.78 is 24.8. The van der Waals surface area contributed by atoms with E-state index >= 15 is 0 Å². The minimum absolute atomic E-state index is 0. The minimum Gasteiger partial charge on any atom is -0.357 e. The summed E-state index contributed by atoms with van der Waals surface area (Å²) in [4.78, 5) is 5.07. The van der Waals surface area contributed by atoms with Gasteiger partial charge in [0.2, 0.25) is 0 Å². The molecular weight excluding hydrogens is 481 g/mol. The van der Waals surface area contributed by atoms with Crippen molar-refractivity contribution in [1.29, 1.82) is 0 Å². The van der Waals surface area contributed by atoms with Crippen molar-refractivity contribution in [2.45, 2.75) is 42.8 Å². The van der Waals surface area contributed by atoms with Crippen LogP contribution in [0.3, 0.4) is 0 Å². The molecule has 0 radical (unpaired) electrons. The molecule has 1 aliphatic heterocycles. The molecule has 1 fully saturated rings. The number of aliphatic imine (C=N–C) groups is 1. The Bertz CT molecular complexity index is 660. The van der Waals surface area contributed by atoms with Gasteiger partial charge in [-0.3, -0.25) is 4.99 Å².